The van der Waals surface area contributed by atoms with Gasteiger partial charge in [-0.05, 0) is 26.2 Å². The molecule has 1 unspecified atom stereocenters. The van der Waals surface area contributed by atoms with E-state index in [1.165, 1.54) is 0 Å². The normalized spacial score (nSPS) is 24.8. The van der Waals surface area contributed by atoms with E-state index < -0.39 is 0 Å². The Balaban J connectivity index is 2.23. The molecular weight excluding hydrogens is 214 g/mol. The molecular formula is C10H16ClN3O. The van der Waals surface area contributed by atoms with Crippen molar-refractivity contribution in [3.8, 4) is 0 Å². The first-order valence-corrected chi connectivity index (χ1v) is 5.72. The van der Waals surface area contributed by atoms with Crippen LogP contribution in [0.4, 0.5) is 6.01 Å². The summed E-state index contributed by atoms with van der Waals surface area (Å²) in [7, 11) is 0. The molecule has 0 aromatic carbocycles. The molecule has 1 aromatic rings. The molecule has 0 bridgehead atoms. The van der Waals surface area contributed by atoms with E-state index in [-0.39, 0.29) is 11.4 Å². The van der Waals surface area contributed by atoms with Gasteiger partial charge in [0.05, 0.1) is 0 Å². The summed E-state index contributed by atoms with van der Waals surface area (Å²) >= 11 is 5.63. The third-order valence-electron chi connectivity index (χ3n) is 2.87. The molecule has 0 radical (unpaired) electrons. The Kier molecular flexibility index (Phi) is 2.63. The van der Waals surface area contributed by atoms with Crippen LogP contribution in [-0.4, -0.2) is 22.3 Å². The molecule has 0 N–H and O–H groups in total. The van der Waals surface area contributed by atoms with Crippen molar-refractivity contribution < 1.29 is 4.42 Å². The third kappa shape index (κ3) is 1.95. The lowest BCUT2D eigenvalue weighted by Gasteiger charge is -2.29. The number of alkyl halides is 1. The smallest absolute Gasteiger partial charge is 0.318 e. The Morgan fingerprint density at radius 2 is 2.27 bits per heavy atom. The van der Waals surface area contributed by atoms with Gasteiger partial charge >= 0.3 is 6.01 Å². The topological polar surface area (TPSA) is 42.2 Å². The Bertz CT molecular complexity index is 350. The highest BCUT2D eigenvalue weighted by Gasteiger charge is 2.39. The van der Waals surface area contributed by atoms with Crippen LogP contribution in [0.1, 0.15) is 33.1 Å². The molecule has 0 amide bonds. The van der Waals surface area contributed by atoms with E-state index in [9.17, 15) is 0 Å². The van der Waals surface area contributed by atoms with Crippen molar-refractivity contribution in [3.63, 3.8) is 0 Å². The quantitative estimate of drug-likeness (QED) is 0.731. The van der Waals surface area contributed by atoms with Crippen LogP contribution in [0.15, 0.2) is 4.42 Å². The first-order valence-electron chi connectivity index (χ1n) is 5.19. The summed E-state index contributed by atoms with van der Waals surface area (Å²) in [6, 6.07) is 0.597. The van der Waals surface area contributed by atoms with Gasteiger partial charge in [-0.15, -0.1) is 16.7 Å². The van der Waals surface area contributed by atoms with E-state index in [1.54, 1.807) is 0 Å². The number of halogens is 1. The predicted molar refractivity (Wildman–Crippen MR) is 59.1 cm³/mol. The second kappa shape index (κ2) is 3.67. The molecule has 4 nitrogen and oxygen atoms in total. The van der Waals surface area contributed by atoms with Gasteiger partial charge in [0.15, 0.2) is 0 Å². The largest absolute Gasteiger partial charge is 0.407 e. The minimum atomic E-state index is 0.0928. The van der Waals surface area contributed by atoms with E-state index in [4.69, 9.17) is 16.0 Å². The fourth-order valence-corrected chi connectivity index (χ4v) is 2.44. The molecule has 84 valence electrons. The molecule has 2 rings (SSSR count). The number of anilines is 1. The van der Waals surface area contributed by atoms with Crippen LogP contribution in [0, 0.1) is 5.92 Å². The second-order valence-electron chi connectivity index (χ2n) is 4.84. The fourth-order valence-electron chi connectivity index (χ4n) is 2.33. The molecule has 1 aliphatic heterocycles. The van der Waals surface area contributed by atoms with Gasteiger partial charge in [0.25, 0.3) is 0 Å². The fraction of sp³-hybridized carbons (Fsp3) is 0.800. The molecule has 15 heavy (non-hydrogen) atoms. The molecule has 5 heteroatoms. The maximum Gasteiger partial charge on any atom is 0.318 e. The number of hydrogen-bond acceptors (Lipinski definition) is 4. The van der Waals surface area contributed by atoms with Gasteiger partial charge in [-0.25, -0.2) is 0 Å². The Morgan fingerprint density at radius 3 is 2.73 bits per heavy atom. The molecule has 0 saturated carbocycles. The van der Waals surface area contributed by atoms with Crippen LogP contribution in [0.3, 0.4) is 0 Å². The molecule has 1 saturated heterocycles. The van der Waals surface area contributed by atoms with E-state index in [0.717, 1.165) is 13.0 Å². The highest BCUT2D eigenvalue weighted by molar-refractivity contribution is 6.16. The van der Waals surface area contributed by atoms with Gasteiger partial charge in [-0.2, -0.15) is 0 Å². The maximum absolute atomic E-state index is 5.63. The number of aromatic nitrogens is 2. The number of rotatable bonds is 2. The van der Waals surface area contributed by atoms with Crippen molar-refractivity contribution in [2.45, 2.75) is 38.6 Å². The van der Waals surface area contributed by atoms with Crippen molar-refractivity contribution in [2.75, 3.05) is 11.4 Å². The maximum atomic E-state index is 5.63. The van der Waals surface area contributed by atoms with Gasteiger partial charge in [-0.3, -0.25) is 0 Å². The molecule has 2 heterocycles. The summed E-state index contributed by atoms with van der Waals surface area (Å²) in [6.45, 7) is 7.60. The average molecular weight is 230 g/mol. The minimum Gasteiger partial charge on any atom is -0.407 e. The average Bonchev–Trinajstić information content (AvgIpc) is 2.69. The summed E-state index contributed by atoms with van der Waals surface area (Å²) in [5.41, 5.74) is 0.0928. The van der Waals surface area contributed by atoms with E-state index in [1.807, 2.05) is 0 Å². The van der Waals surface area contributed by atoms with E-state index >= 15 is 0 Å². The standard InChI is InChI=1S/C10H16ClN3O/c1-7-4-10(2,3)14(6-7)9-13-12-8(5-11)15-9/h7H,4-6H2,1-3H3. The summed E-state index contributed by atoms with van der Waals surface area (Å²) in [6.07, 6.45) is 1.14. The second-order valence-corrected chi connectivity index (χ2v) is 5.11. The van der Waals surface area contributed by atoms with Crippen LogP contribution in [0.25, 0.3) is 0 Å². The van der Waals surface area contributed by atoms with Crippen molar-refractivity contribution in [2.24, 2.45) is 5.92 Å². The van der Waals surface area contributed by atoms with Gasteiger partial charge in [-0.1, -0.05) is 12.0 Å². The van der Waals surface area contributed by atoms with Gasteiger partial charge in [0, 0.05) is 12.1 Å². The van der Waals surface area contributed by atoms with Crippen LogP contribution < -0.4 is 4.90 Å². The molecule has 1 fully saturated rings. The lowest BCUT2D eigenvalue weighted by Crippen LogP contribution is -2.38. The first-order chi connectivity index (χ1) is 7.03. The number of hydrogen-bond donors (Lipinski definition) is 0. The highest BCUT2D eigenvalue weighted by Crippen LogP contribution is 2.35. The zero-order chi connectivity index (χ0) is 11.1. The van der Waals surface area contributed by atoms with Crippen LogP contribution >= 0.6 is 11.6 Å². The van der Waals surface area contributed by atoms with Crippen molar-refractivity contribution in [1.82, 2.24) is 10.2 Å². The monoisotopic (exact) mass is 229 g/mol. The SMILES string of the molecule is CC1CN(c2nnc(CCl)o2)C(C)(C)C1. The van der Waals surface area contributed by atoms with Gasteiger partial charge < -0.3 is 9.32 Å². The predicted octanol–water partition coefficient (Wildman–Crippen LogP) is 2.43. The molecule has 1 aliphatic rings. The molecule has 1 aromatic heterocycles. The minimum absolute atomic E-state index is 0.0928. The van der Waals surface area contributed by atoms with Gasteiger partial charge in [0.1, 0.15) is 5.88 Å². The first kappa shape index (κ1) is 10.7. The summed E-state index contributed by atoms with van der Waals surface area (Å²) in [5, 5.41) is 7.90. The Labute approximate surface area is 94.6 Å². The van der Waals surface area contributed by atoms with Gasteiger partial charge in [0.2, 0.25) is 5.89 Å². The van der Waals surface area contributed by atoms with Crippen LogP contribution in [-0.2, 0) is 5.88 Å². The van der Waals surface area contributed by atoms with Crippen molar-refractivity contribution >= 4 is 17.6 Å². The zero-order valence-corrected chi connectivity index (χ0v) is 10.1. The molecule has 0 aliphatic carbocycles. The lowest BCUT2D eigenvalue weighted by atomic mass is 9.98. The van der Waals surface area contributed by atoms with E-state index in [0.29, 0.717) is 17.8 Å². The highest BCUT2D eigenvalue weighted by atomic mass is 35.5. The van der Waals surface area contributed by atoms with Crippen molar-refractivity contribution in [3.05, 3.63) is 5.89 Å². The molecule has 0 spiro atoms. The Morgan fingerprint density at radius 1 is 1.53 bits per heavy atom. The van der Waals surface area contributed by atoms with Crippen molar-refractivity contribution in [1.29, 1.82) is 0 Å². The zero-order valence-electron chi connectivity index (χ0n) is 9.33. The summed E-state index contributed by atoms with van der Waals surface area (Å²) < 4.78 is 5.47. The summed E-state index contributed by atoms with van der Waals surface area (Å²) in [5.74, 6) is 1.42. The van der Waals surface area contributed by atoms with Crippen LogP contribution in [0.2, 0.25) is 0 Å². The van der Waals surface area contributed by atoms with Crippen LogP contribution in [0.5, 0.6) is 0 Å². The summed E-state index contributed by atoms with van der Waals surface area (Å²) in [4.78, 5) is 2.17. The number of nitrogens with zero attached hydrogens (tertiary/aromatic N) is 3. The molecule has 1 atom stereocenters. The Hall–Kier alpha value is -0.770. The lowest BCUT2D eigenvalue weighted by molar-refractivity contribution is 0.440. The third-order valence-corrected chi connectivity index (χ3v) is 3.10. The van der Waals surface area contributed by atoms with E-state index in [2.05, 4.69) is 35.9 Å².